The molecule has 0 saturated heterocycles. The third-order valence-corrected chi connectivity index (χ3v) is 4.01. The van der Waals surface area contributed by atoms with Gasteiger partial charge in [0.05, 0.1) is 0 Å². The number of carboxylic acids is 4. The molecule has 0 amide bonds. The molecule has 0 heterocycles. The van der Waals surface area contributed by atoms with Crippen molar-refractivity contribution in [1.29, 1.82) is 0 Å². The Labute approximate surface area is 216 Å². The minimum absolute atomic E-state index is 0. The highest BCUT2D eigenvalue weighted by Crippen LogP contribution is 1.98. The van der Waals surface area contributed by atoms with Crippen LogP contribution in [0.5, 0.6) is 0 Å². The quantitative estimate of drug-likeness (QED) is 0.210. The SMILES string of the molecule is CC(C)[C@H](N)C(=O)O.CC(C)[C@H](N)C(=O)O.CC(C)[C@H](N)C(=O)O.CC(C)[C@H](N)C(=O)O.S.S. The van der Waals surface area contributed by atoms with Gasteiger partial charge in [-0.15, -0.1) is 0 Å². The van der Waals surface area contributed by atoms with Crippen molar-refractivity contribution >= 4 is 50.9 Å². The lowest BCUT2D eigenvalue weighted by Gasteiger charge is -2.07. The summed E-state index contributed by atoms with van der Waals surface area (Å²) in [5.74, 6) is -3.64. The summed E-state index contributed by atoms with van der Waals surface area (Å²) in [5, 5.41) is 32.9. The summed E-state index contributed by atoms with van der Waals surface area (Å²) in [7, 11) is 0. The first-order valence-corrected chi connectivity index (χ1v) is 10.2. The van der Waals surface area contributed by atoms with E-state index in [2.05, 4.69) is 0 Å². The molecule has 12 N–H and O–H groups in total. The number of carbonyl (C=O) groups is 4. The Morgan fingerprint density at radius 2 is 0.500 bits per heavy atom. The summed E-state index contributed by atoms with van der Waals surface area (Å²) in [4.78, 5) is 40.1. The number of rotatable bonds is 8. The van der Waals surface area contributed by atoms with Crippen LogP contribution in [0.15, 0.2) is 0 Å². The summed E-state index contributed by atoms with van der Waals surface area (Å²) < 4.78 is 0. The van der Waals surface area contributed by atoms with E-state index in [-0.39, 0.29) is 50.7 Å². The zero-order valence-corrected chi connectivity index (χ0v) is 23.4. The third-order valence-electron chi connectivity index (χ3n) is 4.01. The van der Waals surface area contributed by atoms with E-state index in [0.717, 1.165) is 0 Å². The summed E-state index contributed by atoms with van der Waals surface area (Å²) >= 11 is 0. The zero-order valence-electron chi connectivity index (χ0n) is 21.4. The van der Waals surface area contributed by atoms with Crippen LogP contribution in [0.4, 0.5) is 0 Å². The Balaban J connectivity index is -0.0000000754. The van der Waals surface area contributed by atoms with Crippen LogP contribution in [-0.4, -0.2) is 68.5 Å². The predicted molar refractivity (Wildman–Crippen MR) is 143 cm³/mol. The highest BCUT2D eigenvalue weighted by atomic mass is 32.1. The maximum Gasteiger partial charge on any atom is 0.320 e. The molecule has 0 rings (SSSR count). The molecule has 0 aliphatic rings. The minimum atomic E-state index is -0.931. The molecule has 0 unspecified atom stereocenters. The van der Waals surface area contributed by atoms with E-state index < -0.39 is 48.0 Å². The van der Waals surface area contributed by atoms with Crippen LogP contribution in [0.3, 0.4) is 0 Å². The molecule has 0 aromatic rings. The highest BCUT2D eigenvalue weighted by molar-refractivity contribution is 7.59. The second-order valence-electron chi connectivity index (χ2n) is 8.43. The molecule has 0 aromatic heterocycles. The first-order chi connectivity index (χ1) is 14.2. The van der Waals surface area contributed by atoms with Crippen LogP contribution in [-0.2, 0) is 19.2 Å². The van der Waals surface area contributed by atoms with Crippen LogP contribution in [0.25, 0.3) is 0 Å². The van der Waals surface area contributed by atoms with Gasteiger partial charge in [-0.2, -0.15) is 27.0 Å². The molecule has 0 bridgehead atoms. The van der Waals surface area contributed by atoms with Gasteiger partial charge < -0.3 is 43.4 Å². The van der Waals surface area contributed by atoms with E-state index in [0.29, 0.717) is 0 Å². The van der Waals surface area contributed by atoms with Gasteiger partial charge in [0.15, 0.2) is 0 Å². The van der Waals surface area contributed by atoms with Crippen molar-refractivity contribution < 1.29 is 39.6 Å². The number of hydrogen-bond acceptors (Lipinski definition) is 8. The Hall–Kier alpha value is -1.58. The lowest BCUT2D eigenvalue weighted by atomic mass is 10.1. The van der Waals surface area contributed by atoms with Gasteiger partial charge >= 0.3 is 23.9 Å². The Morgan fingerprint density at radius 1 is 0.412 bits per heavy atom. The highest BCUT2D eigenvalue weighted by Gasteiger charge is 2.16. The number of aliphatic carboxylic acids is 4. The number of hydrogen-bond donors (Lipinski definition) is 8. The van der Waals surface area contributed by atoms with Gasteiger partial charge in [-0.05, 0) is 23.7 Å². The Bertz CT molecular complexity index is 469. The van der Waals surface area contributed by atoms with Gasteiger partial charge in [0.25, 0.3) is 0 Å². The van der Waals surface area contributed by atoms with Crippen LogP contribution in [0.1, 0.15) is 55.4 Å². The fourth-order valence-electron chi connectivity index (χ4n) is 1.14. The fraction of sp³-hybridized carbons (Fsp3) is 0.800. The molecule has 12 nitrogen and oxygen atoms in total. The smallest absolute Gasteiger partial charge is 0.320 e. The molecule has 208 valence electrons. The Morgan fingerprint density at radius 3 is 0.500 bits per heavy atom. The minimum Gasteiger partial charge on any atom is -0.480 e. The maximum atomic E-state index is 10.0. The van der Waals surface area contributed by atoms with E-state index in [4.69, 9.17) is 43.4 Å². The largest absolute Gasteiger partial charge is 0.480 e. The van der Waals surface area contributed by atoms with Crippen LogP contribution < -0.4 is 22.9 Å². The van der Waals surface area contributed by atoms with Gasteiger partial charge in [-0.1, -0.05) is 55.4 Å². The fourth-order valence-corrected chi connectivity index (χ4v) is 1.14. The van der Waals surface area contributed by atoms with Crippen molar-refractivity contribution in [2.75, 3.05) is 0 Å². The van der Waals surface area contributed by atoms with Crippen LogP contribution in [0, 0.1) is 23.7 Å². The second kappa shape index (κ2) is 24.5. The van der Waals surface area contributed by atoms with Crippen molar-refractivity contribution in [1.82, 2.24) is 0 Å². The van der Waals surface area contributed by atoms with Crippen LogP contribution >= 0.6 is 27.0 Å². The van der Waals surface area contributed by atoms with Crippen molar-refractivity contribution in [2.24, 2.45) is 46.6 Å². The molecular formula is C20H48N4O8S2. The van der Waals surface area contributed by atoms with Gasteiger partial charge in [0, 0.05) is 0 Å². The molecule has 0 spiro atoms. The monoisotopic (exact) mass is 536 g/mol. The van der Waals surface area contributed by atoms with Crippen molar-refractivity contribution in [2.45, 2.75) is 79.6 Å². The molecule has 0 aromatic carbocycles. The summed E-state index contributed by atoms with van der Waals surface area (Å²) in [5.41, 5.74) is 20.6. The third kappa shape index (κ3) is 28.5. The van der Waals surface area contributed by atoms with Crippen molar-refractivity contribution in [3.05, 3.63) is 0 Å². The normalized spacial score (nSPS) is 13.2. The molecule has 0 aliphatic carbocycles. The first-order valence-electron chi connectivity index (χ1n) is 10.2. The molecular weight excluding hydrogens is 488 g/mol. The van der Waals surface area contributed by atoms with E-state index in [1.54, 1.807) is 55.4 Å². The average molecular weight is 537 g/mol. The van der Waals surface area contributed by atoms with E-state index in [9.17, 15) is 19.2 Å². The molecule has 0 fully saturated rings. The number of nitrogens with two attached hydrogens (primary N) is 4. The standard InChI is InChI=1S/4C5H11NO2.2H2S/c4*1-3(2)4(6)5(7)8;;/h4*3-4H,6H2,1-2H3,(H,7,8);2*1H2/t4*4-;;/m0000../s1. The van der Waals surface area contributed by atoms with Gasteiger partial charge in [0.2, 0.25) is 0 Å². The molecule has 14 heteroatoms. The molecule has 0 radical (unpaired) electrons. The molecule has 0 aliphatic heterocycles. The van der Waals surface area contributed by atoms with Crippen molar-refractivity contribution in [3.63, 3.8) is 0 Å². The summed E-state index contributed by atoms with van der Waals surface area (Å²) in [6, 6.07) is -2.85. The molecule has 34 heavy (non-hydrogen) atoms. The lowest BCUT2D eigenvalue weighted by molar-refractivity contribution is -0.140. The van der Waals surface area contributed by atoms with Gasteiger partial charge in [-0.3, -0.25) is 19.2 Å². The predicted octanol–water partition coefficient (Wildman–Crippen LogP) is 0.443. The number of carboxylic acid groups (broad SMARTS) is 4. The van der Waals surface area contributed by atoms with Gasteiger partial charge in [-0.25, -0.2) is 0 Å². The van der Waals surface area contributed by atoms with Crippen molar-refractivity contribution in [3.8, 4) is 0 Å². The Kier molecular flexibility index (Phi) is 33.1. The molecule has 0 saturated carbocycles. The first kappa shape index (κ1) is 45.9. The zero-order chi connectivity index (χ0) is 26.9. The topological polar surface area (TPSA) is 253 Å². The second-order valence-corrected chi connectivity index (χ2v) is 8.43. The summed E-state index contributed by atoms with van der Waals surface area (Å²) in [6.45, 7) is 14.2. The summed E-state index contributed by atoms with van der Waals surface area (Å²) in [6.07, 6.45) is 0. The molecule has 4 atom stereocenters. The van der Waals surface area contributed by atoms with Gasteiger partial charge in [0.1, 0.15) is 24.2 Å². The maximum absolute atomic E-state index is 10.0. The van der Waals surface area contributed by atoms with E-state index in [1.807, 2.05) is 0 Å². The lowest BCUT2D eigenvalue weighted by Crippen LogP contribution is -2.34. The van der Waals surface area contributed by atoms with Crippen LogP contribution in [0.2, 0.25) is 0 Å². The average Bonchev–Trinajstić information content (AvgIpc) is 2.65. The van der Waals surface area contributed by atoms with E-state index in [1.165, 1.54) is 0 Å². The van der Waals surface area contributed by atoms with E-state index >= 15 is 0 Å².